The van der Waals surface area contributed by atoms with Gasteiger partial charge in [-0.2, -0.15) is 0 Å². The lowest BCUT2D eigenvalue weighted by Crippen LogP contribution is -2.33. The van der Waals surface area contributed by atoms with E-state index in [2.05, 4.69) is 50.4 Å². The average Bonchev–Trinajstić information content (AvgIpc) is 2.46. The molecule has 2 rings (SSSR count). The van der Waals surface area contributed by atoms with Crippen molar-refractivity contribution in [2.24, 2.45) is 0 Å². The lowest BCUT2D eigenvalue weighted by atomic mass is 10.1. The normalized spacial score (nSPS) is 25.2. The van der Waals surface area contributed by atoms with Crippen LogP contribution in [0.15, 0.2) is 24.3 Å². The molecule has 0 amide bonds. The van der Waals surface area contributed by atoms with Gasteiger partial charge in [0.05, 0.1) is 6.10 Å². The van der Waals surface area contributed by atoms with Crippen LogP contribution in [0.5, 0.6) is 0 Å². The minimum absolute atomic E-state index is 0.186. The van der Waals surface area contributed by atoms with Crippen molar-refractivity contribution in [2.45, 2.75) is 32.6 Å². The maximum Gasteiger partial charge on any atom is 0.114 e. The van der Waals surface area contributed by atoms with Crippen LogP contribution in [-0.2, 0) is 4.74 Å². The zero-order valence-electron chi connectivity index (χ0n) is 9.00. The van der Waals surface area contributed by atoms with Gasteiger partial charge in [-0.05, 0) is 26.3 Å². The van der Waals surface area contributed by atoms with E-state index in [-0.39, 0.29) is 11.8 Å². The van der Waals surface area contributed by atoms with Gasteiger partial charge in [0.15, 0.2) is 0 Å². The first-order valence-electron chi connectivity index (χ1n) is 5.06. The molecule has 1 fully saturated rings. The van der Waals surface area contributed by atoms with Crippen LogP contribution in [0.4, 0.5) is 0 Å². The molecule has 0 aromatic heterocycles. The molecule has 0 bridgehead atoms. The smallest absolute Gasteiger partial charge is 0.114 e. The fraction of sp³-hybridized carbons (Fsp3) is 0.500. The van der Waals surface area contributed by atoms with Crippen LogP contribution in [-0.4, -0.2) is 12.3 Å². The zero-order chi connectivity index (χ0) is 10.2. The summed E-state index contributed by atoms with van der Waals surface area (Å²) >= 11 is 0. The Morgan fingerprint density at radius 1 is 1.43 bits per heavy atom. The molecule has 1 heterocycles. The fourth-order valence-electron chi connectivity index (χ4n) is 1.83. The standard InChI is InChI=1S/C12H17NO/c1-9-5-4-6-10(7-9)11-8-13-12(2,3)14-11/h4-7,11,13H,8H2,1-3H3. The van der Waals surface area contributed by atoms with Crippen molar-refractivity contribution >= 4 is 0 Å². The van der Waals surface area contributed by atoms with E-state index in [0.717, 1.165) is 6.54 Å². The summed E-state index contributed by atoms with van der Waals surface area (Å²) in [6, 6.07) is 8.50. The van der Waals surface area contributed by atoms with E-state index in [1.54, 1.807) is 0 Å². The van der Waals surface area contributed by atoms with Crippen molar-refractivity contribution in [2.75, 3.05) is 6.54 Å². The fourth-order valence-corrected chi connectivity index (χ4v) is 1.83. The minimum Gasteiger partial charge on any atom is -0.352 e. The third-order valence-electron chi connectivity index (χ3n) is 2.56. The van der Waals surface area contributed by atoms with Crippen molar-refractivity contribution in [3.8, 4) is 0 Å². The Kier molecular flexibility index (Phi) is 2.33. The monoisotopic (exact) mass is 191 g/mol. The van der Waals surface area contributed by atoms with Crippen molar-refractivity contribution in [3.05, 3.63) is 35.4 Å². The van der Waals surface area contributed by atoms with Crippen LogP contribution >= 0.6 is 0 Å². The summed E-state index contributed by atoms with van der Waals surface area (Å²) in [4.78, 5) is 0. The van der Waals surface area contributed by atoms with Gasteiger partial charge in [0.1, 0.15) is 5.72 Å². The summed E-state index contributed by atoms with van der Waals surface area (Å²) < 4.78 is 5.88. The molecule has 1 N–H and O–H groups in total. The van der Waals surface area contributed by atoms with Gasteiger partial charge in [0, 0.05) is 6.54 Å². The van der Waals surface area contributed by atoms with Gasteiger partial charge in [-0.3, -0.25) is 5.32 Å². The number of benzene rings is 1. The van der Waals surface area contributed by atoms with E-state index in [4.69, 9.17) is 4.74 Å². The molecule has 1 atom stereocenters. The Balaban J connectivity index is 2.17. The SMILES string of the molecule is Cc1cccc(C2CNC(C)(C)O2)c1. The highest BCUT2D eigenvalue weighted by molar-refractivity contribution is 5.25. The molecule has 1 unspecified atom stereocenters. The summed E-state index contributed by atoms with van der Waals surface area (Å²) in [6.07, 6.45) is 0.199. The van der Waals surface area contributed by atoms with Crippen LogP contribution in [0.1, 0.15) is 31.1 Å². The molecule has 14 heavy (non-hydrogen) atoms. The summed E-state index contributed by atoms with van der Waals surface area (Å²) in [5.41, 5.74) is 2.37. The number of rotatable bonds is 1. The van der Waals surface area contributed by atoms with Crippen molar-refractivity contribution in [1.82, 2.24) is 5.32 Å². The van der Waals surface area contributed by atoms with Gasteiger partial charge in [0.2, 0.25) is 0 Å². The van der Waals surface area contributed by atoms with E-state index >= 15 is 0 Å². The lowest BCUT2D eigenvalue weighted by molar-refractivity contribution is -0.0241. The molecule has 1 aromatic carbocycles. The number of hydrogen-bond acceptors (Lipinski definition) is 2. The molecule has 1 saturated heterocycles. The maximum atomic E-state index is 5.88. The Morgan fingerprint density at radius 3 is 2.79 bits per heavy atom. The van der Waals surface area contributed by atoms with E-state index in [1.165, 1.54) is 11.1 Å². The van der Waals surface area contributed by atoms with E-state index in [0.29, 0.717) is 0 Å². The van der Waals surface area contributed by atoms with Gasteiger partial charge in [-0.15, -0.1) is 0 Å². The Hall–Kier alpha value is -0.860. The number of nitrogens with one attached hydrogen (secondary N) is 1. The van der Waals surface area contributed by atoms with Crippen LogP contribution in [0.2, 0.25) is 0 Å². The Labute approximate surface area is 85.3 Å². The van der Waals surface area contributed by atoms with Crippen molar-refractivity contribution < 1.29 is 4.74 Å². The van der Waals surface area contributed by atoms with Gasteiger partial charge in [-0.25, -0.2) is 0 Å². The second-order valence-electron chi connectivity index (χ2n) is 4.41. The first kappa shape index (κ1) is 9.69. The average molecular weight is 191 g/mol. The summed E-state index contributed by atoms with van der Waals surface area (Å²) in [7, 11) is 0. The molecule has 0 spiro atoms. The highest BCUT2D eigenvalue weighted by atomic mass is 16.5. The molecule has 1 aliphatic heterocycles. The maximum absolute atomic E-state index is 5.88. The van der Waals surface area contributed by atoms with Crippen LogP contribution in [0, 0.1) is 6.92 Å². The van der Waals surface area contributed by atoms with Crippen molar-refractivity contribution in [1.29, 1.82) is 0 Å². The molecular formula is C12H17NO. The summed E-state index contributed by atoms with van der Waals surface area (Å²) in [5, 5.41) is 3.34. The molecule has 1 aromatic rings. The number of aryl methyl sites for hydroxylation is 1. The second kappa shape index (κ2) is 3.37. The van der Waals surface area contributed by atoms with Gasteiger partial charge >= 0.3 is 0 Å². The van der Waals surface area contributed by atoms with Gasteiger partial charge in [0.25, 0.3) is 0 Å². The lowest BCUT2D eigenvalue weighted by Gasteiger charge is -2.18. The predicted molar refractivity (Wildman–Crippen MR) is 57.1 cm³/mol. The quantitative estimate of drug-likeness (QED) is 0.736. The van der Waals surface area contributed by atoms with Crippen LogP contribution in [0.3, 0.4) is 0 Å². The number of hydrogen-bond donors (Lipinski definition) is 1. The third-order valence-corrected chi connectivity index (χ3v) is 2.56. The molecule has 1 aliphatic rings. The Morgan fingerprint density at radius 2 is 2.21 bits per heavy atom. The molecule has 0 radical (unpaired) electrons. The molecule has 0 aliphatic carbocycles. The highest BCUT2D eigenvalue weighted by Gasteiger charge is 2.31. The first-order valence-corrected chi connectivity index (χ1v) is 5.06. The predicted octanol–water partition coefficient (Wildman–Crippen LogP) is 2.39. The van der Waals surface area contributed by atoms with Gasteiger partial charge < -0.3 is 4.74 Å². The molecular weight excluding hydrogens is 174 g/mol. The third kappa shape index (κ3) is 1.97. The van der Waals surface area contributed by atoms with Crippen LogP contribution < -0.4 is 5.32 Å². The topological polar surface area (TPSA) is 21.3 Å². The largest absolute Gasteiger partial charge is 0.352 e. The van der Waals surface area contributed by atoms with Crippen LogP contribution in [0.25, 0.3) is 0 Å². The van der Waals surface area contributed by atoms with E-state index < -0.39 is 0 Å². The number of ether oxygens (including phenoxy) is 1. The summed E-state index contributed by atoms with van der Waals surface area (Å²) in [6.45, 7) is 7.12. The Bertz CT molecular complexity index is 333. The van der Waals surface area contributed by atoms with E-state index in [9.17, 15) is 0 Å². The molecule has 2 heteroatoms. The molecule has 76 valence electrons. The van der Waals surface area contributed by atoms with Gasteiger partial charge in [-0.1, -0.05) is 29.8 Å². The van der Waals surface area contributed by atoms with E-state index in [1.807, 2.05) is 0 Å². The molecule has 0 saturated carbocycles. The molecule has 2 nitrogen and oxygen atoms in total. The second-order valence-corrected chi connectivity index (χ2v) is 4.41. The summed E-state index contributed by atoms with van der Waals surface area (Å²) in [5.74, 6) is 0. The first-order chi connectivity index (χ1) is 6.57. The highest BCUT2D eigenvalue weighted by Crippen LogP contribution is 2.28. The minimum atomic E-state index is -0.186. The van der Waals surface area contributed by atoms with Crippen molar-refractivity contribution in [3.63, 3.8) is 0 Å². The zero-order valence-corrected chi connectivity index (χ0v) is 9.00.